The lowest BCUT2D eigenvalue weighted by Gasteiger charge is -2.45. The van der Waals surface area contributed by atoms with Crippen molar-refractivity contribution in [3.63, 3.8) is 0 Å². The second-order valence-corrected chi connectivity index (χ2v) is 9.56. The minimum Gasteiger partial charge on any atom is -0.497 e. The van der Waals surface area contributed by atoms with Crippen LogP contribution < -0.4 is 4.74 Å². The Hall–Kier alpha value is -3.51. The van der Waals surface area contributed by atoms with Gasteiger partial charge in [0.05, 0.1) is 25.0 Å². The summed E-state index contributed by atoms with van der Waals surface area (Å²) in [7, 11) is 1.73. The van der Waals surface area contributed by atoms with Crippen LogP contribution in [0.4, 0.5) is 4.39 Å². The maximum absolute atomic E-state index is 13.7. The SMILES string of the molecule is COc1ccc2c(c1)CN(C[C@@H]1CCC3=NC(c4ccc(F)cc4)=C(c4ccncc4)N1C3)CC2. The molecule has 1 aromatic heterocycles. The molecule has 1 saturated heterocycles. The van der Waals surface area contributed by atoms with Crippen LogP contribution in [0, 0.1) is 5.82 Å². The van der Waals surface area contributed by atoms with E-state index in [1.54, 1.807) is 7.11 Å². The summed E-state index contributed by atoms with van der Waals surface area (Å²) in [6, 6.07) is 17.6. The zero-order valence-electron chi connectivity index (χ0n) is 20.0. The molecule has 0 unspecified atom stereocenters. The van der Waals surface area contributed by atoms with Crippen LogP contribution in [-0.4, -0.2) is 53.3 Å². The molecule has 0 spiro atoms. The first-order valence-corrected chi connectivity index (χ1v) is 12.3. The first-order chi connectivity index (χ1) is 17.2. The summed E-state index contributed by atoms with van der Waals surface area (Å²) in [4.78, 5) is 14.4. The molecule has 3 aliphatic rings. The quantitative estimate of drug-likeness (QED) is 0.527. The average molecular weight is 469 g/mol. The molecular formula is C29H29FN4O. The van der Waals surface area contributed by atoms with E-state index in [0.717, 1.165) is 73.7 Å². The van der Waals surface area contributed by atoms with E-state index in [-0.39, 0.29) is 5.82 Å². The average Bonchev–Trinajstić information content (AvgIpc) is 2.90. The fourth-order valence-electron chi connectivity index (χ4n) is 5.58. The Kier molecular flexibility index (Phi) is 5.82. The van der Waals surface area contributed by atoms with E-state index in [1.807, 2.05) is 24.5 Å². The molecule has 1 fully saturated rings. The summed E-state index contributed by atoms with van der Waals surface area (Å²) < 4.78 is 19.2. The summed E-state index contributed by atoms with van der Waals surface area (Å²) in [5.41, 5.74) is 8.08. The Labute approximate surface area is 205 Å². The van der Waals surface area contributed by atoms with E-state index in [0.29, 0.717) is 6.04 Å². The van der Waals surface area contributed by atoms with Crippen LogP contribution in [-0.2, 0) is 13.0 Å². The molecule has 0 N–H and O–H groups in total. The van der Waals surface area contributed by atoms with Gasteiger partial charge in [-0.3, -0.25) is 14.9 Å². The summed E-state index contributed by atoms with van der Waals surface area (Å²) in [6.07, 6.45) is 6.79. The van der Waals surface area contributed by atoms with Crippen molar-refractivity contribution in [2.45, 2.75) is 31.8 Å². The van der Waals surface area contributed by atoms with Gasteiger partial charge in [-0.2, -0.15) is 0 Å². The summed E-state index contributed by atoms with van der Waals surface area (Å²) >= 11 is 0. The van der Waals surface area contributed by atoms with Crippen LogP contribution >= 0.6 is 0 Å². The van der Waals surface area contributed by atoms with Crippen LogP contribution in [0.3, 0.4) is 0 Å². The molecule has 1 atom stereocenters. The zero-order valence-corrected chi connectivity index (χ0v) is 20.0. The fourth-order valence-corrected chi connectivity index (χ4v) is 5.58. The number of methoxy groups -OCH3 is 1. The molecule has 35 heavy (non-hydrogen) atoms. The van der Waals surface area contributed by atoms with E-state index >= 15 is 0 Å². The van der Waals surface area contributed by atoms with E-state index in [2.05, 4.69) is 45.1 Å². The molecule has 2 bridgehead atoms. The van der Waals surface area contributed by atoms with Crippen molar-refractivity contribution >= 4 is 17.1 Å². The van der Waals surface area contributed by atoms with Gasteiger partial charge in [0.1, 0.15) is 11.6 Å². The number of benzene rings is 2. The van der Waals surface area contributed by atoms with Gasteiger partial charge < -0.3 is 9.64 Å². The largest absolute Gasteiger partial charge is 0.497 e. The van der Waals surface area contributed by atoms with Crippen LogP contribution in [0.2, 0.25) is 0 Å². The van der Waals surface area contributed by atoms with E-state index < -0.39 is 0 Å². The predicted octanol–water partition coefficient (Wildman–Crippen LogP) is 5.03. The highest BCUT2D eigenvalue weighted by Gasteiger charge is 2.35. The standard InChI is InChI=1S/C29H29FN4O/c1-35-27-9-4-20-12-15-33(17-23(20)16-27)19-26-8-7-25-18-34(26)29(22-10-13-31-14-11-22)28(32-25)21-2-5-24(30)6-3-21/h2-6,9-11,13-14,16,26H,7-8,12,15,17-19H2,1H3/t26-/m0/s1. The molecule has 0 aliphatic carbocycles. The van der Waals surface area contributed by atoms with Crippen molar-refractivity contribution in [2.75, 3.05) is 26.7 Å². The first kappa shape index (κ1) is 22.0. The number of pyridine rings is 1. The number of aliphatic imine (C=N–C) groups is 1. The van der Waals surface area contributed by atoms with Gasteiger partial charge >= 0.3 is 0 Å². The van der Waals surface area contributed by atoms with Gasteiger partial charge in [-0.25, -0.2) is 4.39 Å². The van der Waals surface area contributed by atoms with E-state index in [1.165, 1.54) is 29.0 Å². The third kappa shape index (κ3) is 4.34. The summed E-state index contributed by atoms with van der Waals surface area (Å²) in [5.74, 6) is 0.690. The molecule has 0 amide bonds. The van der Waals surface area contributed by atoms with Gasteiger partial charge in [-0.05, 0) is 78.9 Å². The molecule has 4 heterocycles. The lowest BCUT2D eigenvalue weighted by molar-refractivity contribution is 0.169. The number of ether oxygens (including phenoxy) is 1. The molecule has 5 nitrogen and oxygen atoms in total. The van der Waals surface area contributed by atoms with Crippen molar-refractivity contribution in [3.05, 3.63) is 95.1 Å². The second kappa shape index (κ2) is 9.27. The zero-order chi connectivity index (χ0) is 23.8. The topological polar surface area (TPSA) is 41.0 Å². The number of nitrogens with zero attached hydrogens (tertiary/aromatic N) is 4. The lowest BCUT2D eigenvalue weighted by Crippen LogP contribution is -2.50. The smallest absolute Gasteiger partial charge is 0.123 e. The molecule has 2 aromatic carbocycles. The van der Waals surface area contributed by atoms with Crippen LogP contribution in [0.25, 0.3) is 11.4 Å². The Bertz CT molecular complexity index is 1290. The highest BCUT2D eigenvalue weighted by molar-refractivity contribution is 6.02. The van der Waals surface area contributed by atoms with Crippen molar-refractivity contribution < 1.29 is 9.13 Å². The highest BCUT2D eigenvalue weighted by Crippen LogP contribution is 2.39. The summed E-state index contributed by atoms with van der Waals surface area (Å²) in [5, 5.41) is 0. The number of hydrogen-bond donors (Lipinski definition) is 0. The van der Waals surface area contributed by atoms with Gasteiger partial charge in [-0.15, -0.1) is 0 Å². The Morgan fingerprint density at radius 2 is 1.77 bits per heavy atom. The first-order valence-electron chi connectivity index (χ1n) is 12.3. The Morgan fingerprint density at radius 1 is 0.943 bits per heavy atom. The third-order valence-corrected chi connectivity index (χ3v) is 7.39. The van der Waals surface area contributed by atoms with Crippen LogP contribution in [0.15, 0.2) is 72.0 Å². The van der Waals surface area contributed by atoms with Gasteiger partial charge in [0.15, 0.2) is 0 Å². The third-order valence-electron chi connectivity index (χ3n) is 7.39. The van der Waals surface area contributed by atoms with Gasteiger partial charge in [-0.1, -0.05) is 6.07 Å². The lowest BCUT2D eigenvalue weighted by atomic mass is 9.92. The number of hydrogen-bond acceptors (Lipinski definition) is 5. The molecular weight excluding hydrogens is 439 g/mol. The number of halogens is 1. The second-order valence-electron chi connectivity index (χ2n) is 9.56. The van der Waals surface area contributed by atoms with Crippen molar-refractivity contribution in [1.29, 1.82) is 0 Å². The van der Waals surface area contributed by atoms with Crippen molar-refractivity contribution in [2.24, 2.45) is 4.99 Å². The molecule has 0 radical (unpaired) electrons. The number of piperidine rings is 1. The van der Waals surface area contributed by atoms with Crippen LogP contribution in [0.5, 0.6) is 5.75 Å². The number of aromatic nitrogens is 1. The molecule has 0 saturated carbocycles. The number of rotatable bonds is 5. The van der Waals surface area contributed by atoms with Gasteiger partial charge in [0.25, 0.3) is 0 Å². The van der Waals surface area contributed by atoms with Crippen LogP contribution in [0.1, 0.15) is 35.1 Å². The monoisotopic (exact) mass is 468 g/mol. The Balaban J connectivity index is 1.33. The molecule has 6 heteroatoms. The minimum atomic E-state index is -0.233. The highest BCUT2D eigenvalue weighted by atomic mass is 19.1. The minimum absolute atomic E-state index is 0.233. The maximum Gasteiger partial charge on any atom is 0.123 e. The Morgan fingerprint density at radius 3 is 2.57 bits per heavy atom. The molecule has 178 valence electrons. The van der Waals surface area contributed by atoms with E-state index in [9.17, 15) is 4.39 Å². The summed E-state index contributed by atoms with van der Waals surface area (Å²) in [6.45, 7) is 3.83. The molecule has 3 aromatic rings. The predicted molar refractivity (Wildman–Crippen MR) is 137 cm³/mol. The van der Waals surface area contributed by atoms with Crippen molar-refractivity contribution in [1.82, 2.24) is 14.8 Å². The van der Waals surface area contributed by atoms with Gasteiger partial charge in [0.2, 0.25) is 0 Å². The van der Waals surface area contributed by atoms with Gasteiger partial charge in [0, 0.05) is 54.9 Å². The maximum atomic E-state index is 13.7. The number of fused-ring (bicyclic) bond motifs is 3. The molecule has 3 aliphatic heterocycles. The van der Waals surface area contributed by atoms with E-state index in [4.69, 9.17) is 9.73 Å². The molecule has 6 rings (SSSR count). The normalized spacial score (nSPS) is 19.9. The fraction of sp³-hybridized carbons (Fsp3) is 0.310. The van der Waals surface area contributed by atoms with Crippen molar-refractivity contribution in [3.8, 4) is 5.75 Å².